The minimum Gasteiger partial charge on any atom is -0.236 e. The van der Waals surface area contributed by atoms with Crippen LogP contribution >= 0.6 is 0 Å². The molecule has 0 saturated carbocycles. The molecule has 0 fully saturated rings. The highest BCUT2D eigenvalue weighted by Crippen LogP contribution is 2.05. The van der Waals surface area contributed by atoms with E-state index >= 15 is 0 Å². The monoisotopic (exact) mass is 173 g/mol. The zero-order chi connectivity index (χ0) is 8.93. The van der Waals surface area contributed by atoms with Gasteiger partial charge in [-0.15, -0.1) is 9.91 Å². The van der Waals surface area contributed by atoms with Crippen molar-refractivity contribution in [3.63, 3.8) is 0 Å². The quantitative estimate of drug-likeness (QED) is 0.650. The van der Waals surface area contributed by atoms with Crippen molar-refractivity contribution in [1.29, 1.82) is 0 Å². The highest BCUT2D eigenvalue weighted by Gasteiger charge is 1.87. The molecule has 2 heterocycles. The van der Waals surface area contributed by atoms with Gasteiger partial charge in [0.25, 0.3) is 0 Å². The van der Waals surface area contributed by atoms with Crippen LogP contribution < -0.4 is 0 Å². The molecular formula is C8H7N5. The predicted octanol–water partition coefficient (Wildman–Crippen LogP) is 1.83. The summed E-state index contributed by atoms with van der Waals surface area (Å²) in [5.74, 6) is 0.568. The van der Waals surface area contributed by atoms with E-state index in [1.165, 1.54) is 4.79 Å². The van der Waals surface area contributed by atoms with Crippen molar-refractivity contribution in [1.82, 2.24) is 14.9 Å². The zero-order valence-corrected chi connectivity index (χ0v) is 6.78. The highest BCUT2D eigenvalue weighted by atomic mass is 15.6. The number of nitrogens with zero attached hydrogens (tertiary/aromatic N) is 5. The molecule has 0 unspecified atom stereocenters. The van der Waals surface area contributed by atoms with Crippen LogP contribution in [0.1, 0.15) is 0 Å². The highest BCUT2D eigenvalue weighted by molar-refractivity contribution is 5.23. The molecule has 0 aromatic carbocycles. The maximum Gasteiger partial charge on any atom is 0.176 e. The molecule has 0 spiro atoms. The van der Waals surface area contributed by atoms with Crippen molar-refractivity contribution in [2.75, 3.05) is 0 Å². The van der Waals surface area contributed by atoms with Crippen LogP contribution in [0.15, 0.2) is 53.2 Å². The minimum absolute atomic E-state index is 0.568. The fraction of sp³-hybridized carbons (Fsp3) is 0. The predicted molar refractivity (Wildman–Crippen MR) is 46.4 cm³/mol. The van der Waals surface area contributed by atoms with E-state index in [4.69, 9.17) is 0 Å². The Morgan fingerprint density at radius 2 is 2.15 bits per heavy atom. The second-order valence-corrected chi connectivity index (χ2v) is 2.30. The molecule has 0 aliphatic carbocycles. The lowest BCUT2D eigenvalue weighted by atomic mass is 10.5. The summed E-state index contributed by atoms with van der Waals surface area (Å²) in [7, 11) is 0. The van der Waals surface area contributed by atoms with Crippen LogP contribution in [0.25, 0.3) is 0 Å². The van der Waals surface area contributed by atoms with Crippen LogP contribution in [-0.2, 0) is 0 Å². The fourth-order valence-corrected chi connectivity index (χ4v) is 0.818. The van der Waals surface area contributed by atoms with Crippen molar-refractivity contribution < 1.29 is 0 Å². The first-order valence-electron chi connectivity index (χ1n) is 3.78. The van der Waals surface area contributed by atoms with E-state index in [0.717, 1.165) is 0 Å². The molecule has 0 saturated heterocycles. The second kappa shape index (κ2) is 3.57. The molecule has 0 amide bonds. The van der Waals surface area contributed by atoms with Gasteiger partial charge in [-0.2, -0.15) is 5.10 Å². The van der Waals surface area contributed by atoms with Crippen LogP contribution in [0.5, 0.6) is 0 Å². The van der Waals surface area contributed by atoms with Gasteiger partial charge >= 0.3 is 0 Å². The Morgan fingerprint density at radius 1 is 1.15 bits per heavy atom. The third kappa shape index (κ3) is 1.96. The number of hydrogen-bond acceptors (Lipinski definition) is 4. The van der Waals surface area contributed by atoms with Gasteiger partial charge in [0.05, 0.1) is 12.4 Å². The molecule has 0 aliphatic rings. The van der Waals surface area contributed by atoms with E-state index in [-0.39, 0.29) is 0 Å². The Hall–Kier alpha value is -2.04. The lowest BCUT2D eigenvalue weighted by Gasteiger charge is -1.88. The standard InChI is InChI=1S/C8H7N5/c1-2-5-9-8(4-1)11-12-13-7-3-6-10-13/h1-7H/b12-11+. The molecule has 2 aromatic rings. The minimum atomic E-state index is 0.568. The number of pyridine rings is 1. The van der Waals surface area contributed by atoms with Crippen molar-refractivity contribution in [3.8, 4) is 0 Å². The number of aromatic nitrogens is 3. The van der Waals surface area contributed by atoms with E-state index in [9.17, 15) is 0 Å². The van der Waals surface area contributed by atoms with Gasteiger partial charge in [0.2, 0.25) is 0 Å². The van der Waals surface area contributed by atoms with E-state index in [2.05, 4.69) is 20.4 Å². The van der Waals surface area contributed by atoms with Gasteiger partial charge in [-0.1, -0.05) is 6.07 Å². The Morgan fingerprint density at radius 3 is 2.85 bits per heavy atom. The maximum absolute atomic E-state index is 3.98. The molecule has 2 rings (SSSR count). The van der Waals surface area contributed by atoms with Gasteiger partial charge in [0.15, 0.2) is 5.82 Å². The summed E-state index contributed by atoms with van der Waals surface area (Å²) in [6, 6.07) is 7.22. The van der Waals surface area contributed by atoms with E-state index in [1.54, 1.807) is 30.7 Å². The molecular weight excluding hydrogens is 166 g/mol. The van der Waals surface area contributed by atoms with Crippen molar-refractivity contribution >= 4 is 5.82 Å². The SMILES string of the molecule is c1ccc(/N=N/n2cccn2)nc1. The number of hydrogen-bond donors (Lipinski definition) is 0. The van der Waals surface area contributed by atoms with Gasteiger partial charge in [-0.25, -0.2) is 4.98 Å². The smallest absolute Gasteiger partial charge is 0.176 e. The third-order valence-corrected chi connectivity index (χ3v) is 1.38. The zero-order valence-electron chi connectivity index (χ0n) is 6.78. The van der Waals surface area contributed by atoms with Crippen LogP contribution in [0.3, 0.4) is 0 Å². The molecule has 64 valence electrons. The average molecular weight is 173 g/mol. The first-order valence-corrected chi connectivity index (χ1v) is 3.78. The normalized spacial score (nSPS) is 10.8. The molecule has 0 aliphatic heterocycles. The number of rotatable bonds is 2. The van der Waals surface area contributed by atoms with Gasteiger partial charge in [-0.05, 0) is 23.4 Å². The van der Waals surface area contributed by atoms with Crippen LogP contribution in [0.4, 0.5) is 5.82 Å². The second-order valence-electron chi connectivity index (χ2n) is 2.30. The lowest BCUT2D eigenvalue weighted by Crippen LogP contribution is -1.84. The van der Waals surface area contributed by atoms with Crippen molar-refractivity contribution in [2.45, 2.75) is 0 Å². The summed E-state index contributed by atoms with van der Waals surface area (Å²) in [4.78, 5) is 5.35. The Balaban J connectivity index is 2.15. The molecule has 0 radical (unpaired) electrons. The average Bonchev–Trinajstić information content (AvgIpc) is 2.69. The van der Waals surface area contributed by atoms with E-state index in [1.807, 2.05) is 12.1 Å². The molecule has 0 atom stereocenters. The first kappa shape index (κ1) is 7.60. The van der Waals surface area contributed by atoms with E-state index < -0.39 is 0 Å². The van der Waals surface area contributed by atoms with Crippen LogP contribution in [0.2, 0.25) is 0 Å². The van der Waals surface area contributed by atoms with Crippen molar-refractivity contribution in [2.24, 2.45) is 10.3 Å². The summed E-state index contributed by atoms with van der Waals surface area (Å²) in [5, 5.41) is 11.5. The fourth-order valence-electron chi connectivity index (χ4n) is 0.818. The molecule has 5 nitrogen and oxygen atoms in total. The summed E-state index contributed by atoms with van der Waals surface area (Å²) < 4.78 is 0. The lowest BCUT2D eigenvalue weighted by molar-refractivity contribution is 0.690. The van der Waals surface area contributed by atoms with Gasteiger partial charge in [0.1, 0.15) is 0 Å². The Bertz CT molecular complexity index is 378. The largest absolute Gasteiger partial charge is 0.236 e. The maximum atomic E-state index is 3.98. The van der Waals surface area contributed by atoms with Gasteiger partial charge < -0.3 is 0 Å². The van der Waals surface area contributed by atoms with Gasteiger partial charge in [0, 0.05) is 6.20 Å². The molecule has 2 aromatic heterocycles. The van der Waals surface area contributed by atoms with E-state index in [0.29, 0.717) is 5.82 Å². The molecule has 0 N–H and O–H groups in total. The van der Waals surface area contributed by atoms with Gasteiger partial charge in [-0.3, -0.25) is 0 Å². The Kier molecular flexibility index (Phi) is 2.09. The van der Waals surface area contributed by atoms with Crippen LogP contribution in [0, 0.1) is 0 Å². The molecule has 0 bridgehead atoms. The summed E-state index contributed by atoms with van der Waals surface area (Å²) in [6.45, 7) is 0. The van der Waals surface area contributed by atoms with Crippen LogP contribution in [-0.4, -0.2) is 14.9 Å². The third-order valence-electron chi connectivity index (χ3n) is 1.38. The summed E-state index contributed by atoms with van der Waals surface area (Å²) in [5.41, 5.74) is 0. The molecule has 13 heavy (non-hydrogen) atoms. The Labute approximate surface area is 74.7 Å². The first-order chi connectivity index (χ1) is 6.45. The summed E-state index contributed by atoms with van der Waals surface area (Å²) in [6.07, 6.45) is 5.00. The molecule has 5 heteroatoms. The summed E-state index contributed by atoms with van der Waals surface area (Å²) >= 11 is 0. The van der Waals surface area contributed by atoms with Crippen molar-refractivity contribution in [3.05, 3.63) is 42.9 Å². The topological polar surface area (TPSA) is 55.4 Å².